The van der Waals surface area contributed by atoms with Crippen LogP contribution in [0.25, 0.3) is 0 Å². The lowest BCUT2D eigenvalue weighted by molar-refractivity contribution is 0.583. The van der Waals surface area contributed by atoms with Gasteiger partial charge in [0.05, 0.1) is 0 Å². The largest absolute Gasteiger partial charge is 0.312 e. The van der Waals surface area contributed by atoms with Crippen LogP contribution in [0.5, 0.6) is 0 Å². The molecule has 0 fully saturated rings. The molecule has 0 unspecified atom stereocenters. The van der Waals surface area contributed by atoms with Crippen LogP contribution in [0.4, 0.5) is 0 Å². The van der Waals surface area contributed by atoms with Crippen molar-refractivity contribution in [2.75, 3.05) is 6.54 Å². The van der Waals surface area contributed by atoms with Gasteiger partial charge in [-0.05, 0) is 35.1 Å². The highest BCUT2D eigenvalue weighted by Gasteiger charge is 2.16. The van der Waals surface area contributed by atoms with Gasteiger partial charge in [0.1, 0.15) is 0 Å². The van der Waals surface area contributed by atoms with Crippen LogP contribution in [0.15, 0.2) is 18.2 Å². The molecular formula is C15H25N. The van der Waals surface area contributed by atoms with E-state index in [0.717, 1.165) is 13.1 Å². The van der Waals surface area contributed by atoms with Crippen molar-refractivity contribution in [1.29, 1.82) is 0 Å². The van der Waals surface area contributed by atoms with Gasteiger partial charge >= 0.3 is 0 Å². The third-order valence-electron chi connectivity index (χ3n) is 2.96. The third-order valence-corrected chi connectivity index (χ3v) is 2.96. The summed E-state index contributed by atoms with van der Waals surface area (Å²) in [5.41, 5.74) is 4.73. The Morgan fingerprint density at radius 3 is 2.38 bits per heavy atom. The summed E-state index contributed by atoms with van der Waals surface area (Å²) in [6.07, 6.45) is 1.18. The van der Waals surface area contributed by atoms with Gasteiger partial charge < -0.3 is 5.32 Å². The second kappa shape index (κ2) is 5.49. The number of nitrogens with one attached hydrogen (secondary N) is 1. The standard InChI is InChI=1S/C13H19N.C2H6/c1-13(2,3)12-5-4-10-6-7-14-9-11(10)8-12;1-2/h4-5,8,14H,6-7,9H2,1-3H3;1-2H3. The van der Waals surface area contributed by atoms with Gasteiger partial charge in [0.25, 0.3) is 0 Å². The lowest BCUT2D eigenvalue weighted by Crippen LogP contribution is -2.24. The summed E-state index contributed by atoms with van der Waals surface area (Å²) in [6, 6.07) is 6.95. The SMILES string of the molecule is CC.CC(C)(C)c1ccc2c(c1)CNCC2. The Hall–Kier alpha value is -0.820. The second-order valence-corrected chi connectivity index (χ2v) is 5.16. The fourth-order valence-corrected chi connectivity index (χ4v) is 1.95. The molecule has 0 saturated heterocycles. The summed E-state index contributed by atoms with van der Waals surface area (Å²) in [5.74, 6) is 0. The van der Waals surface area contributed by atoms with Gasteiger partial charge in [0.15, 0.2) is 0 Å². The summed E-state index contributed by atoms with van der Waals surface area (Å²) in [6.45, 7) is 13.0. The topological polar surface area (TPSA) is 12.0 Å². The minimum absolute atomic E-state index is 0.270. The Morgan fingerprint density at radius 2 is 1.75 bits per heavy atom. The first kappa shape index (κ1) is 13.2. The molecule has 0 radical (unpaired) electrons. The van der Waals surface area contributed by atoms with E-state index in [1.807, 2.05) is 13.8 Å². The molecule has 1 nitrogen and oxygen atoms in total. The maximum absolute atomic E-state index is 3.42. The van der Waals surface area contributed by atoms with Gasteiger partial charge in [-0.3, -0.25) is 0 Å². The molecule has 1 N–H and O–H groups in total. The van der Waals surface area contributed by atoms with Gasteiger partial charge in [-0.25, -0.2) is 0 Å². The first-order valence-corrected chi connectivity index (χ1v) is 6.40. The van der Waals surface area contributed by atoms with Crippen molar-refractivity contribution in [1.82, 2.24) is 5.32 Å². The molecule has 0 amide bonds. The van der Waals surface area contributed by atoms with E-state index in [9.17, 15) is 0 Å². The molecular weight excluding hydrogens is 194 g/mol. The lowest BCUT2D eigenvalue weighted by Gasteiger charge is -2.23. The molecule has 1 aromatic carbocycles. The Balaban J connectivity index is 0.000000606. The van der Waals surface area contributed by atoms with Crippen LogP contribution in [0.3, 0.4) is 0 Å². The molecule has 1 heteroatoms. The van der Waals surface area contributed by atoms with Crippen LogP contribution < -0.4 is 5.32 Å². The summed E-state index contributed by atoms with van der Waals surface area (Å²) in [7, 11) is 0. The molecule has 0 aromatic heterocycles. The highest BCUT2D eigenvalue weighted by Crippen LogP contribution is 2.25. The quantitative estimate of drug-likeness (QED) is 0.702. The number of hydrogen-bond donors (Lipinski definition) is 1. The summed E-state index contributed by atoms with van der Waals surface area (Å²) >= 11 is 0. The average molecular weight is 219 g/mol. The normalized spacial score (nSPS) is 14.8. The molecule has 0 saturated carbocycles. The number of fused-ring (bicyclic) bond motifs is 1. The van der Waals surface area contributed by atoms with Crippen molar-refractivity contribution in [2.24, 2.45) is 0 Å². The monoisotopic (exact) mass is 219 g/mol. The van der Waals surface area contributed by atoms with Crippen molar-refractivity contribution in [3.63, 3.8) is 0 Å². The van der Waals surface area contributed by atoms with Crippen LogP contribution in [-0.4, -0.2) is 6.54 Å². The molecule has 1 aromatic rings. The fraction of sp³-hybridized carbons (Fsp3) is 0.600. The van der Waals surface area contributed by atoms with Crippen molar-refractivity contribution in [3.8, 4) is 0 Å². The zero-order chi connectivity index (χ0) is 12.2. The van der Waals surface area contributed by atoms with Crippen LogP contribution in [0, 0.1) is 0 Å². The minimum atomic E-state index is 0.270. The van der Waals surface area contributed by atoms with E-state index in [1.165, 1.54) is 23.1 Å². The van der Waals surface area contributed by atoms with Gasteiger partial charge in [0.2, 0.25) is 0 Å². The predicted octanol–water partition coefficient (Wildman–Crippen LogP) is 3.66. The average Bonchev–Trinajstić information content (AvgIpc) is 2.30. The first-order valence-electron chi connectivity index (χ1n) is 6.40. The van der Waals surface area contributed by atoms with Gasteiger partial charge in [-0.2, -0.15) is 0 Å². The smallest absolute Gasteiger partial charge is 0.0208 e. The third kappa shape index (κ3) is 3.08. The van der Waals surface area contributed by atoms with Gasteiger partial charge in [-0.1, -0.05) is 52.8 Å². The van der Waals surface area contributed by atoms with E-state index in [0.29, 0.717) is 0 Å². The molecule has 2 rings (SSSR count). The van der Waals surface area contributed by atoms with Crippen molar-refractivity contribution >= 4 is 0 Å². The molecule has 90 valence electrons. The zero-order valence-corrected chi connectivity index (χ0v) is 11.4. The van der Waals surface area contributed by atoms with Crippen molar-refractivity contribution < 1.29 is 0 Å². The number of hydrogen-bond acceptors (Lipinski definition) is 1. The number of rotatable bonds is 0. The van der Waals surface area contributed by atoms with E-state index in [2.05, 4.69) is 44.3 Å². The highest BCUT2D eigenvalue weighted by atomic mass is 14.9. The Labute approximate surface area is 100 Å². The molecule has 1 heterocycles. The van der Waals surface area contributed by atoms with Crippen LogP contribution in [0.2, 0.25) is 0 Å². The summed E-state index contributed by atoms with van der Waals surface area (Å²) in [5, 5.41) is 3.42. The van der Waals surface area contributed by atoms with Gasteiger partial charge in [-0.15, -0.1) is 0 Å². The molecule has 1 aliphatic heterocycles. The highest BCUT2D eigenvalue weighted by molar-refractivity contribution is 5.36. The van der Waals surface area contributed by atoms with Crippen LogP contribution in [-0.2, 0) is 18.4 Å². The molecule has 0 atom stereocenters. The van der Waals surface area contributed by atoms with Gasteiger partial charge in [0, 0.05) is 6.54 Å². The summed E-state index contributed by atoms with van der Waals surface area (Å²) < 4.78 is 0. The lowest BCUT2D eigenvalue weighted by atomic mass is 9.84. The van der Waals surface area contributed by atoms with Crippen molar-refractivity contribution in [2.45, 2.75) is 53.0 Å². The predicted molar refractivity (Wildman–Crippen MR) is 71.9 cm³/mol. The number of benzene rings is 1. The summed E-state index contributed by atoms with van der Waals surface area (Å²) in [4.78, 5) is 0. The zero-order valence-electron chi connectivity index (χ0n) is 11.4. The van der Waals surface area contributed by atoms with Crippen molar-refractivity contribution in [3.05, 3.63) is 34.9 Å². The fourth-order valence-electron chi connectivity index (χ4n) is 1.95. The molecule has 1 aliphatic rings. The van der Waals surface area contributed by atoms with E-state index in [-0.39, 0.29) is 5.41 Å². The van der Waals surface area contributed by atoms with Crippen LogP contribution >= 0.6 is 0 Å². The Kier molecular flexibility index (Phi) is 4.55. The first-order chi connectivity index (χ1) is 7.57. The maximum Gasteiger partial charge on any atom is 0.0208 e. The maximum atomic E-state index is 3.42. The second-order valence-electron chi connectivity index (χ2n) is 5.16. The molecule has 0 spiro atoms. The van der Waals surface area contributed by atoms with Crippen LogP contribution in [0.1, 0.15) is 51.3 Å². The molecule has 16 heavy (non-hydrogen) atoms. The van der Waals surface area contributed by atoms with E-state index in [4.69, 9.17) is 0 Å². The Bertz CT molecular complexity index is 334. The Morgan fingerprint density at radius 1 is 1.06 bits per heavy atom. The minimum Gasteiger partial charge on any atom is -0.312 e. The van der Waals surface area contributed by atoms with E-state index < -0.39 is 0 Å². The van der Waals surface area contributed by atoms with E-state index in [1.54, 1.807) is 0 Å². The van der Waals surface area contributed by atoms with E-state index >= 15 is 0 Å². The molecule has 0 bridgehead atoms. The molecule has 0 aliphatic carbocycles.